The summed E-state index contributed by atoms with van der Waals surface area (Å²) in [4.78, 5) is 21.6. The molecule has 2 saturated carbocycles. The Morgan fingerprint density at radius 1 is 1.17 bits per heavy atom. The normalized spacial score (nSPS) is 24.3. The first-order valence-corrected chi connectivity index (χ1v) is 10.7. The van der Waals surface area contributed by atoms with Crippen molar-refractivity contribution in [2.75, 3.05) is 6.54 Å². The van der Waals surface area contributed by atoms with Crippen molar-refractivity contribution < 1.29 is 4.39 Å². The molecule has 0 aromatic carbocycles. The topological polar surface area (TPSA) is 64.2 Å². The van der Waals surface area contributed by atoms with Crippen molar-refractivity contribution in [2.45, 2.75) is 31.6 Å². The second kappa shape index (κ2) is 6.21. The van der Waals surface area contributed by atoms with Crippen LogP contribution < -0.4 is 10.9 Å². The lowest BCUT2D eigenvalue weighted by atomic mass is 10.2. The van der Waals surface area contributed by atoms with Crippen LogP contribution in [0.1, 0.15) is 24.1 Å². The molecule has 0 unspecified atom stereocenters. The lowest BCUT2D eigenvalue weighted by molar-refractivity contribution is 0.389. The van der Waals surface area contributed by atoms with Crippen LogP contribution in [0, 0.1) is 5.41 Å². The van der Waals surface area contributed by atoms with Crippen LogP contribution in [0.3, 0.4) is 0 Å². The first-order chi connectivity index (χ1) is 14.5. The lowest BCUT2D eigenvalue weighted by Gasteiger charge is -2.06. The van der Waals surface area contributed by atoms with E-state index in [4.69, 9.17) is 0 Å². The Balaban J connectivity index is 1.21. The van der Waals surface area contributed by atoms with Gasteiger partial charge in [-0.05, 0) is 46.5 Å². The summed E-state index contributed by atoms with van der Waals surface area (Å²) in [5.41, 5.74) is 1.76. The third-order valence-electron chi connectivity index (χ3n) is 6.48. The molecule has 2 fully saturated rings. The minimum absolute atomic E-state index is 0.0580. The number of imidazole rings is 1. The quantitative estimate of drug-likeness (QED) is 0.471. The fourth-order valence-corrected chi connectivity index (χ4v) is 4.87. The summed E-state index contributed by atoms with van der Waals surface area (Å²) >= 11 is 3.44. The summed E-state index contributed by atoms with van der Waals surface area (Å²) in [6, 6.07) is 5.91. The second-order valence-corrected chi connectivity index (χ2v) is 9.42. The molecule has 30 heavy (non-hydrogen) atoms. The summed E-state index contributed by atoms with van der Waals surface area (Å²) in [6.07, 6.45) is 10.5. The summed E-state index contributed by atoms with van der Waals surface area (Å²) in [6.45, 7) is 1.83. The molecule has 0 saturated heterocycles. The minimum atomic E-state index is -0.851. The maximum absolute atomic E-state index is 13.7. The van der Waals surface area contributed by atoms with Crippen molar-refractivity contribution in [1.82, 2.24) is 24.3 Å². The van der Waals surface area contributed by atoms with Crippen LogP contribution >= 0.6 is 15.9 Å². The number of rotatable bonds is 6. The number of aromatic nitrogens is 4. The number of nitrogens with one attached hydrogen (secondary N) is 1. The van der Waals surface area contributed by atoms with Crippen LogP contribution in [0.4, 0.5) is 4.39 Å². The highest BCUT2D eigenvalue weighted by atomic mass is 79.9. The summed E-state index contributed by atoms with van der Waals surface area (Å²) < 4.78 is 18.1. The molecule has 4 aromatic rings. The van der Waals surface area contributed by atoms with Crippen LogP contribution in [0.25, 0.3) is 16.4 Å². The molecule has 8 heteroatoms. The van der Waals surface area contributed by atoms with E-state index in [9.17, 15) is 9.18 Å². The van der Waals surface area contributed by atoms with Gasteiger partial charge in [-0.2, -0.15) is 0 Å². The summed E-state index contributed by atoms with van der Waals surface area (Å²) in [5.74, 6) is 0. The molecular formula is C22H19BrFN5O. The Kier molecular flexibility index (Phi) is 3.77. The molecule has 6 nitrogen and oxygen atoms in total. The average Bonchev–Trinajstić information content (AvgIpc) is 3.39. The van der Waals surface area contributed by atoms with Gasteiger partial charge in [-0.1, -0.05) is 6.07 Å². The molecule has 0 spiro atoms. The van der Waals surface area contributed by atoms with Crippen molar-refractivity contribution in [1.29, 1.82) is 0 Å². The third kappa shape index (κ3) is 2.81. The van der Waals surface area contributed by atoms with Gasteiger partial charge in [0.2, 0.25) is 0 Å². The van der Waals surface area contributed by atoms with E-state index in [1.165, 1.54) is 0 Å². The fourth-order valence-electron chi connectivity index (χ4n) is 4.40. The highest BCUT2D eigenvalue weighted by Gasteiger charge is 2.84. The maximum Gasteiger partial charge on any atom is 0.260 e. The monoisotopic (exact) mass is 467 g/mol. The molecule has 0 bridgehead atoms. The van der Waals surface area contributed by atoms with E-state index in [1.807, 2.05) is 35.0 Å². The molecule has 0 radical (unpaired) electrons. The number of hydrogen-bond acceptors (Lipinski definition) is 4. The molecule has 2 aliphatic carbocycles. The van der Waals surface area contributed by atoms with E-state index in [1.54, 1.807) is 23.2 Å². The number of halogens is 2. The Bertz CT molecular complexity index is 1370. The fraction of sp³-hybridized carbons (Fsp3) is 0.318. The Morgan fingerprint density at radius 3 is 2.80 bits per heavy atom. The highest BCUT2D eigenvalue weighted by Crippen LogP contribution is 2.80. The molecule has 0 aliphatic heterocycles. The smallest absolute Gasteiger partial charge is 0.260 e. The van der Waals surface area contributed by atoms with E-state index >= 15 is 0 Å². The van der Waals surface area contributed by atoms with E-state index < -0.39 is 5.67 Å². The zero-order valence-corrected chi connectivity index (χ0v) is 17.7. The SMILES string of the molecule is O=c1c2cncc(Br)c2ccn1Cc1cn2cc(CNCC34CC3(F)C4)ccc2n1. The largest absolute Gasteiger partial charge is 0.312 e. The van der Waals surface area contributed by atoms with Gasteiger partial charge in [-0.25, -0.2) is 9.37 Å². The number of fused-ring (bicyclic) bond motifs is 3. The van der Waals surface area contributed by atoms with Gasteiger partial charge in [0.1, 0.15) is 11.3 Å². The minimum Gasteiger partial charge on any atom is -0.312 e. The zero-order valence-electron chi connectivity index (χ0n) is 16.1. The number of pyridine rings is 3. The van der Waals surface area contributed by atoms with Crippen molar-refractivity contribution in [3.8, 4) is 0 Å². The molecule has 0 atom stereocenters. The van der Waals surface area contributed by atoms with Gasteiger partial charge in [-0.15, -0.1) is 0 Å². The van der Waals surface area contributed by atoms with Crippen molar-refractivity contribution in [3.63, 3.8) is 0 Å². The Labute approximate surface area is 179 Å². The van der Waals surface area contributed by atoms with E-state index in [0.717, 1.165) is 46.1 Å². The lowest BCUT2D eigenvalue weighted by Crippen LogP contribution is -2.20. The predicted octanol–water partition coefficient (Wildman–Crippen LogP) is 3.45. The van der Waals surface area contributed by atoms with Gasteiger partial charge in [0.15, 0.2) is 0 Å². The number of nitrogens with zero attached hydrogens (tertiary/aromatic N) is 4. The molecular weight excluding hydrogens is 449 g/mol. The molecule has 1 N–H and O–H groups in total. The van der Waals surface area contributed by atoms with Gasteiger partial charge < -0.3 is 14.3 Å². The first-order valence-electron chi connectivity index (χ1n) is 9.95. The summed E-state index contributed by atoms with van der Waals surface area (Å²) in [7, 11) is 0. The second-order valence-electron chi connectivity index (χ2n) is 8.57. The Morgan fingerprint density at radius 2 is 2.00 bits per heavy atom. The van der Waals surface area contributed by atoms with E-state index in [0.29, 0.717) is 18.5 Å². The first kappa shape index (κ1) is 18.2. The zero-order chi connectivity index (χ0) is 20.5. The molecule has 4 heterocycles. The molecule has 2 aliphatic rings. The summed E-state index contributed by atoms with van der Waals surface area (Å²) in [5, 5.41) is 4.81. The van der Waals surface area contributed by atoms with Gasteiger partial charge in [0, 0.05) is 59.3 Å². The number of alkyl halides is 1. The van der Waals surface area contributed by atoms with Crippen molar-refractivity contribution in [2.24, 2.45) is 5.41 Å². The van der Waals surface area contributed by atoms with Crippen LogP contribution in [0.15, 0.2) is 58.5 Å². The van der Waals surface area contributed by atoms with Gasteiger partial charge >= 0.3 is 0 Å². The average molecular weight is 468 g/mol. The van der Waals surface area contributed by atoms with Crippen LogP contribution in [-0.4, -0.2) is 31.1 Å². The number of hydrogen-bond donors (Lipinski definition) is 1. The maximum atomic E-state index is 13.7. The van der Waals surface area contributed by atoms with Crippen LogP contribution in [0.5, 0.6) is 0 Å². The van der Waals surface area contributed by atoms with Gasteiger partial charge in [0.05, 0.1) is 17.6 Å². The standard InChI is InChI=1S/C22H19BrFN5O/c23-18-7-25-6-17-16(18)3-4-28(20(17)30)9-15-10-29-8-14(1-2-19(29)27-15)5-26-13-21-11-22(21,24)12-21/h1-4,6-8,10,26H,5,9,11-13H2. The van der Waals surface area contributed by atoms with E-state index in [-0.39, 0.29) is 11.0 Å². The third-order valence-corrected chi connectivity index (χ3v) is 7.11. The van der Waals surface area contributed by atoms with Gasteiger partial charge in [-0.3, -0.25) is 9.78 Å². The molecule has 152 valence electrons. The molecule has 4 aromatic heterocycles. The van der Waals surface area contributed by atoms with E-state index in [2.05, 4.69) is 31.2 Å². The van der Waals surface area contributed by atoms with Crippen molar-refractivity contribution >= 4 is 32.3 Å². The van der Waals surface area contributed by atoms with Crippen molar-refractivity contribution in [3.05, 3.63) is 75.3 Å². The van der Waals surface area contributed by atoms with Crippen LogP contribution in [-0.2, 0) is 13.1 Å². The van der Waals surface area contributed by atoms with Gasteiger partial charge in [0.25, 0.3) is 5.56 Å². The predicted molar refractivity (Wildman–Crippen MR) is 115 cm³/mol. The molecule has 6 rings (SSSR count). The highest BCUT2D eigenvalue weighted by molar-refractivity contribution is 9.10. The molecule has 0 amide bonds. The van der Waals surface area contributed by atoms with Crippen LogP contribution in [0.2, 0.25) is 0 Å². The Hall–Kier alpha value is -2.58.